The number of carbonyl (C=O) groups is 2. The van der Waals surface area contributed by atoms with E-state index in [2.05, 4.69) is 10.3 Å². The van der Waals surface area contributed by atoms with Gasteiger partial charge in [-0.1, -0.05) is 16.8 Å². The summed E-state index contributed by atoms with van der Waals surface area (Å²) in [5.74, 6) is 1.44. The molecule has 0 saturated carbocycles. The van der Waals surface area contributed by atoms with Crippen molar-refractivity contribution >= 4 is 11.7 Å². The zero-order valence-electron chi connectivity index (χ0n) is 17.6. The van der Waals surface area contributed by atoms with E-state index >= 15 is 0 Å². The summed E-state index contributed by atoms with van der Waals surface area (Å²) in [4.78, 5) is 27.3. The molecule has 1 amide bonds. The molecule has 1 atom stereocenters. The van der Waals surface area contributed by atoms with Crippen LogP contribution in [0.15, 0.2) is 41.2 Å². The molecule has 8 nitrogen and oxygen atoms in total. The van der Waals surface area contributed by atoms with E-state index in [-0.39, 0.29) is 23.7 Å². The Bertz CT molecular complexity index is 1140. The summed E-state index contributed by atoms with van der Waals surface area (Å²) in [7, 11) is 1.82. The van der Waals surface area contributed by atoms with Crippen LogP contribution in [0.2, 0.25) is 0 Å². The topological polar surface area (TPSA) is 90.5 Å². The number of aromatic nitrogens is 3. The molecule has 5 rings (SSSR count). The Morgan fingerprint density at radius 2 is 2.00 bits per heavy atom. The van der Waals surface area contributed by atoms with E-state index in [1.54, 1.807) is 21.8 Å². The summed E-state index contributed by atoms with van der Waals surface area (Å²) < 4.78 is 13.2. The molecule has 4 heterocycles. The van der Waals surface area contributed by atoms with E-state index in [1.807, 2.05) is 38.4 Å². The average Bonchev–Trinajstić information content (AvgIpc) is 3.43. The van der Waals surface area contributed by atoms with Crippen molar-refractivity contribution in [2.45, 2.75) is 32.3 Å². The van der Waals surface area contributed by atoms with Crippen LogP contribution in [-0.4, -0.2) is 50.7 Å². The maximum atomic E-state index is 12.9. The van der Waals surface area contributed by atoms with Crippen LogP contribution in [-0.2, 0) is 7.05 Å². The fourth-order valence-corrected chi connectivity index (χ4v) is 4.42. The van der Waals surface area contributed by atoms with Crippen LogP contribution in [0, 0.1) is 12.8 Å². The van der Waals surface area contributed by atoms with Crippen LogP contribution in [0.5, 0.6) is 5.75 Å². The van der Waals surface area contributed by atoms with Crippen molar-refractivity contribution in [2.24, 2.45) is 13.0 Å². The van der Waals surface area contributed by atoms with Crippen molar-refractivity contribution in [1.82, 2.24) is 19.8 Å². The molecule has 0 bridgehead atoms. The first-order chi connectivity index (χ1) is 15.0. The molecule has 0 aliphatic carbocycles. The van der Waals surface area contributed by atoms with Crippen LogP contribution in [0.1, 0.15) is 45.7 Å². The number of likely N-dealkylation sites (tertiary alicyclic amines) is 1. The zero-order valence-corrected chi connectivity index (χ0v) is 17.6. The van der Waals surface area contributed by atoms with Gasteiger partial charge in [0.25, 0.3) is 5.91 Å². The number of piperidine rings is 1. The van der Waals surface area contributed by atoms with Gasteiger partial charge in [-0.3, -0.25) is 14.3 Å². The number of aryl methyl sites for hydroxylation is 2. The van der Waals surface area contributed by atoms with Crippen LogP contribution >= 0.6 is 0 Å². The molecule has 2 aliphatic heterocycles. The average molecular weight is 420 g/mol. The van der Waals surface area contributed by atoms with Crippen LogP contribution < -0.4 is 4.74 Å². The molecule has 3 aromatic rings. The van der Waals surface area contributed by atoms with Gasteiger partial charge in [-0.15, -0.1) is 0 Å². The molecule has 1 fully saturated rings. The van der Waals surface area contributed by atoms with Crippen molar-refractivity contribution in [2.75, 3.05) is 13.1 Å². The summed E-state index contributed by atoms with van der Waals surface area (Å²) in [5.41, 5.74) is 2.81. The van der Waals surface area contributed by atoms with E-state index < -0.39 is 0 Å². The first-order valence-corrected chi connectivity index (χ1v) is 10.5. The van der Waals surface area contributed by atoms with Crippen LogP contribution in [0.4, 0.5) is 0 Å². The lowest BCUT2D eigenvalue weighted by Gasteiger charge is -2.37. The molecule has 160 valence electrons. The van der Waals surface area contributed by atoms with Gasteiger partial charge in [0, 0.05) is 38.8 Å². The van der Waals surface area contributed by atoms with Gasteiger partial charge in [0.15, 0.2) is 17.2 Å². The number of hydrogen-bond donors (Lipinski definition) is 0. The highest BCUT2D eigenvalue weighted by Crippen LogP contribution is 2.34. The molecule has 0 spiro atoms. The van der Waals surface area contributed by atoms with Gasteiger partial charge in [0.1, 0.15) is 11.9 Å². The van der Waals surface area contributed by atoms with Crippen molar-refractivity contribution in [1.29, 1.82) is 0 Å². The Morgan fingerprint density at radius 3 is 2.74 bits per heavy atom. The zero-order chi connectivity index (χ0) is 21.5. The van der Waals surface area contributed by atoms with Crippen molar-refractivity contribution in [3.8, 4) is 17.1 Å². The standard InChI is InChI=1S/C23H24N4O4/c1-14-3-4-20-17(9-14)19(28)11-21(30-20)15-5-7-27(8-6-15)23(29)18-10-22(31-25-18)16-12-24-26(2)13-16/h3-4,9-10,12-13,15,21H,5-8,11H2,1-2H3/t21-/m1/s1. The highest BCUT2D eigenvalue weighted by Gasteiger charge is 2.35. The van der Waals surface area contributed by atoms with Gasteiger partial charge >= 0.3 is 0 Å². The van der Waals surface area contributed by atoms with Gasteiger partial charge in [0.2, 0.25) is 0 Å². The Morgan fingerprint density at radius 1 is 1.19 bits per heavy atom. The SMILES string of the molecule is Cc1ccc2c(c1)C(=O)C[C@H](C1CCN(C(=O)c3cc(-c4cnn(C)c4)on3)CC1)O2. The van der Waals surface area contributed by atoms with Crippen molar-refractivity contribution in [3.63, 3.8) is 0 Å². The van der Waals surface area contributed by atoms with Crippen molar-refractivity contribution in [3.05, 3.63) is 53.5 Å². The van der Waals surface area contributed by atoms with E-state index in [4.69, 9.17) is 9.26 Å². The third-order valence-corrected chi connectivity index (χ3v) is 6.17. The van der Waals surface area contributed by atoms with E-state index in [0.717, 1.165) is 24.0 Å². The molecule has 0 unspecified atom stereocenters. The van der Waals surface area contributed by atoms with Gasteiger partial charge in [-0.25, -0.2) is 0 Å². The molecule has 2 aliphatic rings. The summed E-state index contributed by atoms with van der Waals surface area (Å²) in [5, 5.41) is 8.07. The predicted molar refractivity (Wildman–Crippen MR) is 112 cm³/mol. The molecular weight excluding hydrogens is 396 g/mol. The molecule has 8 heteroatoms. The minimum absolute atomic E-state index is 0.135. The molecule has 0 radical (unpaired) electrons. The maximum Gasteiger partial charge on any atom is 0.276 e. The van der Waals surface area contributed by atoms with Crippen LogP contribution in [0.3, 0.4) is 0 Å². The number of amides is 1. The van der Waals surface area contributed by atoms with E-state index in [0.29, 0.717) is 42.3 Å². The van der Waals surface area contributed by atoms with E-state index in [9.17, 15) is 9.59 Å². The third kappa shape index (κ3) is 3.73. The molecule has 2 aromatic heterocycles. The Balaban J connectivity index is 1.22. The number of rotatable bonds is 3. The summed E-state index contributed by atoms with van der Waals surface area (Å²) in [6.45, 7) is 3.18. The van der Waals surface area contributed by atoms with E-state index in [1.165, 1.54) is 0 Å². The van der Waals surface area contributed by atoms with Gasteiger partial charge in [-0.2, -0.15) is 5.10 Å². The predicted octanol–water partition coefficient (Wildman–Crippen LogP) is 3.27. The number of hydrogen-bond acceptors (Lipinski definition) is 6. The lowest BCUT2D eigenvalue weighted by Crippen LogP contribution is -2.44. The Labute approximate surface area is 179 Å². The summed E-state index contributed by atoms with van der Waals surface area (Å²) in [6, 6.07) is 7.41. The molecule has 1 aromatic carbocycles. The maximum absolute atomic E-state index is 12.9. The monoisotopic (exact) mass is 420 g/mol. The highest BCUT2D eigenvalue weighted by molar-refractivity contribution is 6.00. The van der Waals surface area contributed by atoms with Gasteiger partial charge in [0.05, 0.1) is 17.3 Å². The molecular formula is C23H24N4O4. The van der Waals surface area contributed by atoms with Gasteiger partial charge < -0.3 is 14.2 Å². The Kier molecular flexibility index (Phi) is 4.84. The molecule has 0 N–H and O–H groups in total. The number of Topliss-reactive ketones (excluding diaryl/α,β-unsaturated/α-hetero) is 1. The Hall–Kier alpha value is -3.42. The first kappa shape index (κ1) is 19.5. The summed E-state index contributed by atoms with van der Waals surface area (Å²) >= 11 is 0. The van der Waals surface area contributed by atoms with Crippen LogP contribution in [0.25, 0.3) is 11.3 Å². The smallest absolute Gasteiger partial charge is 0.276 e. The molecule has 1 saturated heterocycles. The number of ether oxygens (including phenoxy) is 1. The number of benzene rings is 1. The second-order valence-corrected chi connectivity index (χ2v) is 8.39. The minimum Gasteiger partial charge on any atom is -0.489 e. The largest absolute Gasteiger partial charge is 0.489 e. The quantitative estimate of drug-likeness (QED) is 0.646. The first-order valence-electron chi connectivity index (χ1n) is 10.5. The highest BCUT2D eigenvalue weighted by atomic mass is 16.5. The van der Waals surface area contributed by atoms with Gasteiger partial charge in [-0.05, 0) is 37.8 Å². The third-order valence-electron chi connectivity index (χ3n) is 6.17. The normalized spacial score (nSPS) is 19.2. The second-order valence-electron chi connectivity index (χ2n) is 8.39. The minimum atomic E-state index is -0.140. The second kappa shape index (κ2) is 7.68. The lowest BCUT2D eigenvalue weighted by atomic mass is 9.85. The fraction of sp³-hybridized carbons (Fsp3) is 0.391. The number of carbonyl (C=O) groups excluding carboxylic acids is 2. The number of ketones is 1. The van der Waals surface area contributed by atoms with Crippen molar-refractivity contribution < 1.29 is 18.8 Å². The number of nitrogens with zero attached hydrogens (tertiary/aromatic N) is 4. The molecule has 31 heavy (non-hydrogen) atoms. The fourth-order valence-electron chi connectivity index (χ4n) is 4.42. The lowest BCUT2D eigenvalue weighted by molar-refractivity contribution is 0.0447. The number of fused-ring (bicyclic) bond motifs is 1. The summed E-state index contributed by atoms with van der Waals surface area (Å²) in [6.07, 6.45) is 5.32.